The molecule has 0 aromatic rings. The summed E-state index contributed by atoms with van der Waals surface area (Å²) in [6, 6.07) is 0. The van der Waals surface area contributed by atoms with Gasteiger partial charge in [-0.2, -0.15) is 0 Å². The standard InChI is InChI=1S/CH5N3O.H3O3P/c2-1(3)4-5;1-4(2)3/h5H,(H4,2,3,4);1-3H. The summed E-state index contributed by atoms with van der Waals surface area (Å²) >= 11 is 0. The zero-order valence-electron chi connectivity index (χ0n) is 4.31. The first-order valence-electron chi connectivity index (χ1n) is 1.61. The molecule has 0 saturated heterocycles. The van der Waals surface area contributed by atoms with Gasteiger partial charge in [0.25, 0.3) is 0 Å². The van der Waals surface area contributed by atoms with Gasteiger partial charge in [-0.1, -0.05) is 0 Å². The van der Waals surface area contributed by atoms with Crippen LogP contribution >= 0.6 is 8.60 Å². The van der Waals surface area contributed by atoms with Gasteiger partial charge in [0.05, 0.1) is 0 Å². The van der Waals surface area contributed by atoms with Gasteiger partial charge in [-0.15, -0.1) is 0 Å². The molecule has 0 aliphatic rings. The monoisotopic (exact) mass is 157 g/mol. The minimum atomic E-state index is -2.62. The highest BCUT2D eigenvalue weighted by atomic mass is 31.2. The Kier molecular flexibility index (Phi) is 9.51. The van der Waals surface area contributed by atoms with Gasteiger partial charge < -0.3 is 20.4 Å². The second-order valence-corrected chi connectivity index (χ2v) is 1.33. The van der Waals surface area contributed by atoms with E-state index in [1.54, 1.807) is 0 Å². The number of hydrogen-bond acceptors (Lipinski definition) is 5. The molecule has 0 unspecified atom stereocenters. The SMILES string of the molecule is N=C(N)NO.OP(O)O. The third-order valence-electron chi connectivity index (χ3n) is 0.120. The van der Waals surface area contributed by atoms with Crippen molar-refractivity contribution in [3.8, 4) is 0 Å². The Morgan fingerprint density at radius 3 is 1.56 bits per heavy atom. The Labute approximate surface area is 52.2 Å². The number of hydrogen-bond donors (Lipinski definition) is 7. The largest absolute Gasteiger partial charge is 0.368 e. The Bertz CT molecular complexity index is 73.5. The molecular formula is CH8N3O4P. The van der Waals surface area contributed by atoms with Crippen molar-refractivity contribution in [1.29, 1.82) is 5.41 Å². The number of hydroxylamine groups is 1. The van der Waals surface area contributed by atoms with Crippen molar-refractivity contribution in [3.63, 3.8) is 0 Å². The van der Waals surface area contributed by atoms with Crippen molar-refractivity contribution in [2.24, 2.45) is 5.73 Å². The van der Waals surface area contributed by atoms with Crippen LogP contribution in [0.15, 0.2) is 0 Å². The predicted molar refractivity (Wildman–Crippen MR) is 30.4 cm³/mol. The van der Waals surface area contributed by atoms with Crippen LogP contribution in [0.5, 0.6) is 0 Å². The fourth-order valence-electron chi connectivity index (χ4n) is 0. The van der Waals surface area contributed by atoms with Crippen LogP contribution in [0.3, 0.4) is 0 Å². The van der Waals surface area contributed by atoms with E-state index in [0.717, 1.165) is 0 Å². The Morgan fingerprint density at radius 1 is 1.44 bits per heavy atom. The van der Waals surface area contributed by atoms with Crippen LogP contribution in [0.4, 0.5) is 0 Å². The smallest absolute Gasteiger partial charge is 0.324 e. The van der Waals surface area contributed by atoms with Crippen LogP contribution in [-0.2, 0) is 0 Å². The minimum absolute atomic E-state index is 0.440. The summed E-state index contributed by atoms with van der Waals surface area (Å²) in [5.74, 6) is -0.440. The summed E-state index contributed by atoms with van der Waals surface area (Å²) in [6.45, 7) is 0. The maximum Gasteiger partial charge on any atom is 0.324 e. The molecule has 8 N–H and O–H groups in total. The molecule has 0 atom stereocenters. The molecular weight excluding hydrogens is 149 g/mol. The van der Waals surface area contributed by atoms with Crippen molar-refractivity contribution < 1.29 is 19.9 Å². The Hall–Kier alpha value is -0.460. The first kappa shape index (κ1) is 11.4. The lowest BCUT2D eigenvalue weighted by atomic mass is 11.1. The number of nitrogens with two attached hydrogens (primary N) is 1. The molecule has 0 heterocycles. The lowest BCUT2D eigenvalue weighted by Gasteiger charge is -1.84. The van der Waals surface area contributed by atoms with Crippen molar-refractivity contribution >= 4 is 14.6 Å². The van der Waals surface area contributed by atoms with Gasteiger partial charge in [0.2, 0.25) is 5.96 Å². The van der Waals surface area contributed by atoms with E-state index in [0.29, 0.717) is 0 Å². The Morgan fingerprint density at radius 2 is 1.56 bits per heavy atom. The average molecular weight is 157 g/mol. The number of rotatable bonds is 0. The molecule has 0 aromatic carbocycles. The highest BCUT2D eigenvalue weighted by Crippen LogP contribution is 2.11. The van der Waals surface area contributed by atoms with Gasteiger partial charge in [-0.05, 0) is 0 Å². The number of nitrogens with one attached hydrogen (secondary N) is 2. The quantitative estimate of drug-likeness (QED) is 0.0941. The second-order valence-electron chi connectivity index (χ2n) is 0.794. The van der Waals surface area contributed by atoms with Gasteiger partial charge in [0, 0.05) is 0 Å². The van der Waals surface area contributed by atoms with Crippen molar-refractivity contribution in [1.82, 2.24) is 5.48 Å². The minimum Gasteiger partial charge on any atom is -0.368 e. The zero-order chi connectivity index (χ0) is 7.86. The van der Waals surface area contributed by atoms with E-state index in [2.05, 4.69) is 5.73 Å². The first-order valence-corrected chi connectivity index (χ1v) is 2.81. The molecule has 7 nitrogen and oxygen atoms in total. The van der Waals surface area contributed by atoms with E-state index in [-0.39, 0.29) is 0 Å². The van der Waals surface area contributed by atoms with E-state index < -0.39 is 14.6 Å². The summed E-state index contributed by atoms with van der Waals surface area (Å²) in [7, 11) is -2.62. The van der Waals surface area contributed by atoms with E-state index in [9.17, 15) is 0 Å². The molecule has 0 amide bonds. The summed E-state index contributed by atoms with van der Waals surface area (Å²) in [6.07, 6.45) is 0. The fraction of sp³-hybridized carbons (Fsp3) is 0. The summed E-state index contributed by atoms with van der Waals surface area (Å²) in [5, 5.41) is 13.7. The first-order chi connectivity index (χ1) is 4.00. The predicted octanol–water partition coefficient (Wildman–Crippen LogP) is -1.95. The summed E-state index contributed by atoms with van der Waals surface area (Å²) in [4.78, 5) is 21.7. The third kappa shape index (κ3) is 97.6. The summed E-state index contributed by atoms with van der Waals surface area (Å²) in [5.41, 5.74) is 5.90. The lowest BCUT2D eigenvalue weighted by Crippen LogP contribution is -2.26. The molecule has 0 bridgehead atoms. The third-order valence-corrected chi connectivity index (χ3v) is 0.120. The van der Waals surface area contributed by atoms with Gasteiger partial charge in [0.15, 0.2) is 0 Å². The molecule has 0 saturated carbocycles. The highest BCUT2D eigenvalue weighted by Gasteiger charge is 1.76. The van der Waals surface area contributed by atoms with E-state index in [4.69, 9.17) is 25.3 Å². The zero-order valence-corrected chi connectivity index (χ0v) is 5.21. The van der Waals surface area contributed by atoms with Crippen molar-refractivity contribution in [3.05, 3.63) is 0 Å². The lowest BCUT2D eigenvalue weighted by molar-refractivity contribution is 0.232. The molecule has 9 heavy (non-hydrogen) atoms. The molecule has 0 aromatic heterocycles. The van der Waals surface area contributed by atoms with Crippen LogP contribution in [-0.4, -0.2) is 25.8 Å². The van der Waals surface area contributed by atoms with Gasteiger partial charge >= 0.3 is 8.60 Å². The Balaban J connectivity index is 0. The molecule has 0 aliphatic carbocycles. The highest BCUT2D eigenvalue weighted by molar-refractivity contribution is 7.38. The molecule has 0 rings (SSSR count). The van der Waals surface area contributed by atoms with Crippen LogP contribution in [0.25, 0.3) is 0 Å². The van der Waals surface area contributed by atoms with Gasteiger partial charge in [-0.3, -0.25) is 10.6 Å². The maximum absolute atomic E-state index is 7.54. The van der Waals surface area contributed by atoms with E-state index in [1.807, 2.05) is 0 Å². The van der Waals surface area contributed by atoms with Gasteiger partial charge in [-0.25, -0.2) is 5.48 Å². The topological polar surface area (TPSA) is 143 Å². The maximum atomic E-state index is 7.54. The molecule has 0 spiro atoms. The van der Waals surface area contributed by atoms with Crippen LogP contribution in [0, 0.1) is 5.41 Å². The summed E-state index contributed by atoms with van der Waals surface area (Å²) < 4.78 is 0. The number of guanidine groups is 1. The van der Waals surface area contributed by atoms with Crippen molar-refractivity contribution in [2.75, 3.05) is 0 Å². The molecule has 0 radical (unpaired) electrons. The van der Waals surface area contributed by atoms with Crippen LogP contribution in [0.2, 0.25) is 0 Å². The second kappa shape index (κ2) is 7.54. The fourth-order valence-corrected chi connectivity index (χ4v) is 0. The molecule has 0 fully saturated rings. The molecule has 56 valence electrons. The van der Waals surface area contributed by atoms with E-state index >= 15 is 0 Å². The van der Waals surface area contributed by atoms with E-state index in [1.165, 1.54) is 5.48 Å². The molecule has 8 heteroatoms. The van der Waals surface area contributed by atoms with Crippen LogP contribution < -0.4 is 11.2 Å². The molecule has 0 aliphatic heterocycles. The van der Waals surface area contributed by atoms with Crippen LogP contribution in [0.1, 0.15) is 0 Å². The normalized spacial score (nSPS) is 7.67. The average Bonchev–Trinajstić information content (AvgIpc) is 1.65. The van der Waals surface area contributed by atoms with Gasteiger partial charge in [0.1, 0.15) is 0 Å². The van der Waals surface area contributed by atoms with Crippen molar-refractivity contribution in [2.45, 2.75) is 0 Å².